The molecule has 1 aromatic heterocycles. The van der Waals surface area contributed by atoms with Gasteiger partial charge < -0.3 is 9.47 Å². The molecule has 0 saturated carbocycles. The van der Waals surface area contributed by atoms with E-state index in [4.69, 9.17) is 14.5 Å². The van der Waals surface area contributed by atoms with E-state index < -0.39 is 0 Å². The highest BCUT2D eigenvalue weighted by atomic mass is 32.2. The second kappa shape index (κ2) is 7.81. The average molecular weight is 419 g/mol. The minimum absolute atomic E-state index is 0.0370. The maximum absolute atomic E-state index is 11.4. The SMILES string of the molecule is O=[N+]([O-])c1cc2c(c(CSc3nc4ccccc4n3-c3ccccc3)c1)OCOC2. The van der Waals surface area contributed by atoms with E-state index in [2.05, 4.69) is 4.57 Å². The van der Waals surface area contributed by atoms with Crippen molar-refractivity contribution in [2.45, 2.75) is 17.5 Å². The summed E-state index contributed by atoms with van der Waals surface area (Å²) in [5, 5.41) is 12.2. The summed E-state index contributed by atoms with van der Waals surface area (Å²) in [6.45, 7) is 0.447. The second-order valence-electron chi connectivity index (χ2n) is 6.80. The molecule has 0 radical (unpaired) electrons. The minimum Gasteiger partial charge on any atom is -0.467 e. The third kappa shape index (κ3) is 3.40. The van der Waals surface area contributed by atoms with Gasteiger partial charge in [0.2, 0.25) is 0 Å². The molecule has 4 aromatic rings. The summed E-state index contributed by atoms with van der Waals surface area (Å²) < 4.78 is 13.1. The molecular formula is C22H17N3O4S. The van der Waals surface area contributed by atoms with Gasteiger partial charge in [0.25, 0.3) is 5.69 Å². The number of para-hydroxylation sites is 3. The van der Waals surface area contributed by atoms with Crippen LogP contribution in [0.4, 0.5) is 5.69 Å². The fourth-order valence-corrected chi connectivity index (χ4v) is 4.56. The molecule has 0 fully saturated rings. The number of rotatable bonds is 5. The van der Waals surface area contributed by atoms with Gasteiger partial charge in [0.05, 0.1) is 22.6 Å². The smallest absolute Gasteiger partial charge is 0.270 e. The number of nitro groups is 1. The third-order valence-electron chi connectivity index (χ3n) is 4.88. The summed E-state index contributed by atoms with van der Waals surface area (Å²) in [7, 11) is 0. The molecular weight excluding hydrogens is 402 g/mol. The van der Waals surface area contributed by atoms with Crippen LogP contribution in [0.2, 0.25) is 0 Å². The standard InChI is InChI=1S/C22H17N3O4S/c26-25(27)18-10-15-12-28-14-29-21(15)16(11-18)13-30-22-23-19-8-4-5-9-20(19)24(22)17-6-2-1-3-7-17/h1-11H,12-14H2. The Morgan fingerprint density at radius 1 is 1.10 bits per heavy atom. The Bertz CT molecular complexity index is 1240. The van der Waals surface area contributed by atoms with E-state index in [0.717, 1.165) is 27.4 Å². The van der Waals surface area contributed by atoms with E-state index in [-0.39, 0.29) is 17.4 Å². The van der Waals surface area contributed by atoms with Crippen LogP contribution in [0.1, 0.15) is 11.1 Å². The highest BCUT2D eigenvalue weighted by molar-refractivity contribution is 7.98. The van der Waals surface area contributed by atoms with Crippen LogP contribution in [0.5, 0.6) is 5.75 Å². The second-order valence-corrected chi connectivity index (χ2v) is 7.75. The van der Waals surface area contributed by atoms with Crippen LogP contribution in [0.3, 0.4) is 0 Å². The largest absolute Gasteiger partial charge is 0.467 e. The van der Waals surface area contributed by atoms with Crippen molar-refractivity contribution in [1.82, 2.24) is 9.55 Å². The van der Waals surface area contributed by atoms with Gasteiger partial charge in [-0.3, -0.25) is 14.7 Å². The summed E-state index contributed by atoms with van der Waals surface area (Å²) in [5.74, 6) is 1.15. The zero-order valence-electron chi connectivity index (χ0n) is 15.9. The van der Waals surface area contributed by atoms with Crippen LogP contribution in [-0.4, -0.2) is 21.3 Å². The van der Waals surface area contributed by atoms with Gasteiger partial charge in [-0.15, -0.1) is 0 Å². The Morgan fingerprint density at radius 2 is 1.90 bits per heavy atom. The van der Waals surface area contributed by atoms with Gasteiger partial charge in [-0.25, -0.2) is 4.98 Å². The van der Waals surface area contributed by atoms with Crippen LogP contribution in [-0.2, 0) is 17.1 Å². The Morgan fingerprint density at radius 3 is 2.73 bits per heavy atom. The molecule has 5 rings (SSSR count). The topological polar surface area (TPSA) is 79.4 Å². The van der Waals surface area contributed by atoms with Gasteiger partial charge in [-0.1, -0.05) is 42.1 Å². The van der Waals surface area contributed by atoms with Crippen molar-refractivity contribution in [3.63, 3.8) is 0 Å². The fourth-order valence-electron chi connectivity index (χ4n) is 3.56. The summed E-state index contributed by atoms with van der Waals surface area (Å²) in [6.07, 6.45) is 0. The number of thioether (sulfide) groups is 1. The van der Waals surface area contributed by atoms with Crippen LogP contribution in [0, 0.1) is 10.1 Å². The lowest BCUT2D eigenvalue weighted by Crippen LogP contribution is -2.13. The molecule has 30 heavy (non-hydrogen) atoms. The van der Waals surface area contributed by atoms with E-state index in [1.165, 1.54) is 17.8 Å². The van der Waals surface area contributed by atoms with Crippen molar-refractivity contribution >= 4 is 28.5 Å². The number of hydrogen-bond donors (Lipinski definition) is 0. The van der Waals surface area contributed by atoms with Gasteiger partial charge in [0.15, 0.2) is 11.9 Å². The molecule has 3 aromatic carbocycles. The number of fused-ring (bicyclic) bond motifs is 2. The van der Waals surface area contributed by atoms with E-state index in [0.29, 0.717) is 23.7 Å². The van der Waals surface area contributed by atoms with Crippen LogP contribution in [0.15, 0.2) is 71.9 Å². The summed E-state index contributed by atoms with van der Waals surface area (Å²) >= 11 is 1.52. The molecule has 8 heteroatoms. The van der Waals surface area contributed by atoms with Gasteiger partial charge in [-0.2, -0.15) is 0 Å². The highest BCUT2D eigenvalue weighted by Gasteiger charge is 2.22. The quantitative estimate of drug-likeness (QED) is 0.255. The Labute approximate surface area is 176 Å². The van der Waals surface area contributed by atoms with Crippen molar-refractivity contribution in [3.8, 4) is 11.4 Å². The molecule has 1 aliphatic rings. The first-order valence-corrected chi connectivity index (χ1v) is 10.4. The number of non-ortho nitro benzene ring substituents is 1. The maximum Gasteiger partial charge on any atom is 0.270 e. The number of hydrogen-bond acceptors (Lipinski definition) is 6. The van der Waals surface area contributed by atoms with Crippen molar-refractivity contribution in [2.75, 3.05) is 6.79 Å². The molecule has 0 N–H and O–H groups in total. The molecule has 0 amide bonds. The average Bonchev–Trinajstić information content (AvgIpc) is 3.16. The van der Waals surface area contributed by atoms with Crippen molar-refractivity contribution in [1.29, 1.82) is 0 Å². The zero-order chi connectivity index (χ0) is 20.5. The van der Waals surface area contributed by atoms with Gasteiger partial charge in [0.1, 0.15) is 5.75 Å². The first-order valence-electron chi connectivity index (χ1n) is 9.37. The molecule has 0 spiro atoms. The van der Waals surface area contributed by atoms with E-state index in [1.807, 2.05) is 54.6 Å². The molecule has 0 atom stereocenters. The lowest BCUT2D eigenvalue weighted by Gasteiger charge is -2.20. The Hall–Kier alpha value is -3.36. The van der Waals surface area contributed by atoms with Crippen LogP contribution < -0.4 is 4.74 Å². The van der Waals surface area contributed by atoms with Crippen LogP contribution in [0.25, 0.3) is 16.7 Å². The predicted octanol–water partition coefficient (Wildman–Crippen LogP) is 5.09. The van der Waals surface area contributed by atoms with Gasteiger partial charge >= 0.3 is 0 Å². The van der Waals surface area contributed by atoms with E-state index >= 15 is 0 Å². The molecule has 7 nitrogen and oxygen atoms in total. The van der Waals surface area contributed by atoms with Crippen molar-refractivity contribution in [2.24, 2.45) is 0 Å². The van der Waals surface area contributed by atoms with Gasteiger partial charge in [-0.05, 0) is 24.3 Å². The fraction of sp³-hybridized carbons (Fsp3) is 0.136. The molecule has 2 heterocycles. The molecule has 150 valence electrons. The number of nitro benzene ring substituents is 1. The Kier molecular flexibility index (Phi) is 4.86. The number of ether oxygens (including phenoxy) is 2. The van der Waals surface area contributed by atoms with Crippen LogP contribution >= 0.6 is 11.8 Å². The first-order chi connectivity index (χ1) is 14.7. The van der Waals surface area contributed by atoms with E-state index in [9.17, 15) is 10.1 Å². The van der Waals surface area contributed by atoms with Crippen molar-refractivity contribution < 1.29 is 14.4 Å². The third-order valence-corrected chi connectivity index (χ3v) is 5.87. The van der Waals surface area contributed by atoms with Gasteiger partial charge in [0, 0.05) is 34.7 Å². The van der Waals surface area contributed by atoms with Crippen molar-refractivity contribution in [3.05, 3.63) is 88.0 Å². The predicted molar refractivity (Wildman–Crippen MR) is 114 cm³/mol. The molecule has 0 saturated heterocycles. The minimum atomic E-state index is -0.387. The maximum atomic E-state index is 11.4. The molecule has 1 aliphatic heterocycles. The zero-order valence-corrected chi connectivity index (χ0v) is 16.7. The highest BCUT2D eigenvalue weighted by Crippen LogP contribution is 2.37. The number of aromatic nitrogens is 2. The monoisotopic (exact) mass is 419 g/mol. The van der Waals surface area contributed by atoms with E-state index in [1.54, 1.807) is 6.07 Å². The molecule has 0 unspecified atom stereocenters. The lowest BCUT2D eigenvalue weighted by atomic mass is 10.1. The lowest BCUT2D eigenvalue weighted by molar-refractivity contribution is -0.385. The number of nitrogens with zero attached hydrogens (tertiary/aromatic N) is 3. The molecule has 0 aliphatic carbocycles. The first kappa shape index (κ1) is 18.7. The summed E-state index contributed by atoms with van der Waals surface area (Å²) in [5.41, 5.74) is 4.42. The summed E-state index contributed by atoms with van der Waals surface area (Å²) in [4.78, 5) is 15.8. The number of imidazole rings is 1. The normalized spacial score (nSPS) is 13.1. The Balaban J connectivity index is 1.55. The number of benzene rings is 3. The summed E-state index contributed by atoms with van der Waals surface area (Å²) in [6, 6.07) is 21.1. The molecule has 0 bridgehead atoms.